The monoisotopic (exact) mass is 332 g/mol. The number of carbonyl (C=O) groups is 1. The van der Waals surface area contributed by atoms with E-state index in [1.807, 2.05) is 38.1 Å². The summed E-state index contributed by atoms with van der Waals surface area (Å²) in [6.07, 6.45) is 2.02. The maximum absolute atomic E-state index is 12.9. The number of fused-ring (bicyclic) bond motifs is 1. The number of hydrogen-bond donors (Lipinski definition) is 2. The predicted octanol–water partition coefficient (Wildman–Crippen LogP) is 1.98. The van der Waals surface area contributed by atoms with Crippen LogP contribution in [-0.2, 0) is 27.4 Å². The average molecular weight is 332 g/mol. The Labute approximate surface area is 143 Å². The van der Waals surface area contributed by atoms with Crippen molar-refractivity contribution in [2.45, 2.75) is 51.5 Å². The Morgan fingerprint density at radius 2 is 2.17 bits per heavy atom. The third kappa shape index (κ3) is 2.65. The summed E-state index contributed by atoms with van der Waals surface area (Å²) in [5.74, 6) is 0.0393. The Bertz CT molecular complexity index is 616. The van der Waals surface area contributed by atoms with Gasteiger partial charge >= 0.3 is 0 Å². The van der Waals surface area contributed by atoms with Crippen molar-refractivity contribution in [2.75, 3.05) is 13.7 Å². The highest BCUT2D eigenvalue weighted by Crippen LogP contribution is 2.57. The molecule has 24 heavy (non-hydrogen) atoms. The standard InChI is InChI=1S/C19H28N2O3/c1-18(2)16-15(8-5-9-24-16)19(18,20)17(22)21-11-13-6-4-7-14(10-13)12-23-3/h4,6-7,10,15-16H,5,8-9,11-12,20H2,1-3H3,(H,21,22). The van der Waals surface area contributed by atoms with Gasteiger partial charge in [-0.05, 0) is 24.0 Å². The number of hydrogen-bond acceptors (Lipinski definition) is 4. The molecular formula is C19H28N2O3. The van der Waals surface area contributed by atoms with Crippen molar-refractivity contribution in [3.63, 3.8) is 0 Å². The Balaban J connectivity index is 1.67. The van der Waals surface area contributed by atoms with Crippen LogP contribution in [0, 0.1) is 11.3 Å². The first-order valence-corrected chi connectivity index (χ1v) is 8.67. The fraction of sp³-hybridized carbons (Fsp3) is 0.632. The zero-order valence-electron chi connectivity index (χ0n) is 14.8. The van der Waals surface area contributed by atoms with Crippen molar-refractivity contribution < 1.29 is 14.3 Å². The number of rotatable bonds is 5. The van der Waals surface area contributed by atoms with E-state index in [-0.39, 0.29) is 23.3 Å². The molecule has 0 bridgehead atoms. The Morgan fingerprint density at radius 3 is 2.92 bits per heavy atom. The summed E-state index contributed by atoms with van der Waals surface area (Å²) < 4.78 is 11.0. The van der Waals surface area contributed by atoms with Crippen molar-refractivity contribution in [3.8, 4) is 0 Å². The topological polar surface area (TPSA) is 73.6 Å². The highest BCUT2D eigenvalue weighted by atomic mass is 16.5. The van der Waals surface area contributed by atoms with Crippen LogP contribution in [0.25, 0.3) is 0 Å². The molecule has 5 heteroatoms. The zero-order chi connectivity index (χ0) is 17.4. The number of nitrogens with two attached hydrogens (primary N) is 1. The van der Waals surface area contributed by atoms with E-state index in [2.05, 4.69) is 5.32 Å². The van der Waals surface area contributed by atoms with Crippen molar-refractivity contribution in [2.24, 2.45) is 17.1 Å². The molecule has 3 unspecified atom stereocenters. The van der Waals surface area contributed by atoms with E-state index in [1.165, 1.54) is 0 Å². The van der Waals surface area contributed by atoms with Crippen LogP contribution in [-0.4, -0.2) is 31.3 Å². The Hall–Kier alpha value is -1.43. The minimum atomic E-state index is -0.859. The number of carbonyl (C=O) groups excluding carboxylic acids is 1. The first-order chi connectivity index (χ1) is 11.4. The summed E-state index contributed by atoms with van der Waals surface area (Å²) >= 11 is 0. The molecule has 5 nitrogen and oxygen atoms in total. The molecular weight excluding hydrogens is 304 g/mol. The number of amides is 1. The van der Waals surface area contributed by atoms with Crippen molar-refractivity contribution in [1.29, 1.82) is 0 Å². The van der Waals surface area contributed by atoms with Gasteiger partial charge in [-0.15, -0.1) is 0 Å². The number of nitrogens with one attached hydrogen (secondary N) is 1. The normalized spacial score (nSPS) is 31.0. The second kappa shape index (κ2) is 6.47. The molecule has 0 aromatic heterocycles. The van der Waals surface area contributed by atoms with Gasteiger partial charge in [-0.3, -0.25) is 4.79 Å². The average Bonchev–Trinajstić information content (AvgIpc) is 2.59. The van der Waals surface area contributed by atoms with Crippen LogP contribution in [0.3, 0.4) is 0 Å². The minimum absolute atomic E-state index is 0.0728. The molecule has 3 N–H and O–H groups in total. The molecule has 1 aliphatic heterocycles. The van der Waals surface area contributed by atoms with Gasteiger partial charge in [0.25, 0.3) is 0 Å². The van der Waals surface area contributed by atoms with Crippen molar-refractivity contribution in [1.82, 2.24) is 5.32 Å². The Kier molecular flexibility index (Phi) is 4.69. The lowest BCUT2D eigenvalue weighted by Crippen LogP contribution is -2.82. The highest BCUT2D eigenvalue weighted by Gasteiger charge is 2.70. The van der Waals surface area contributed by atoms with Gasteiger partial charge in [-0.1, -0.05) is 38.1 Å². The van der Waals surface area contributed by atoms with Crippen LogP contribution in [0.5, 0.6) is 0 Å². The van der Waals surface area contributed by atoms with Gasteiger partial charge in [0.2, 0.25) is 5.91 Å². The van der Waals surface area contributed by atoms with Crippen molar-refractivity contribution >= 4 is 5.91 Å². The third-order valence-corrected chi connectivity index (χ3v) is 5.82. The van der Waals surface area contributed by atoms with Crippen LogP contribution < -0.4 is 11.1 Å². The molecule has 0 radical (unpaired) electrons. The van der Waals surface area contributed by atoms with E-state index in [9.17, 15) is 4.79 Å². The molecule has 1 aliphatic carbocycles. The minimum Gasteiger partial charge on any atom is -0.380 e. The lowest BCUT2D eigenvalue weighted by Gasteiger charge is -2.65. The molecule has 0 spiro atoms. The summed E-state index contributed by atoms with van der Waals surface area (Å²) in [5.41, 5.74) is 7.55. The first-order valence-electron chi connectivity index (χ1n) is 8.67. The van der Waals surface area contributed by atoms with Crippen LogP contribution >= 0.6 is 0 Å². The molecule has 1 amide bonds. The van der Waals surface area contributed by atoms with Gasteiger partial charge in [-0.25, -0.2) is 0 Å². The molecule has 1 aromatic carbocycles. The largest absolute Gasteiger partial charge is 0.380 e. The molecule has 2 aliphatic rings. The van der Waals surface area contributed by atoms with E-state index in [1.54, 1.807) is 7.11 Å². The van der Waals surface area contributed by atoms with Crippen LogP contribution in [0.1, 0.15) is 37.8 Å². The van der Waals surface area contributed by atoms with E-state index >= 15 is 0 Å². The number of methoxy groups -OCH3 is 1. The van der Waals surface area contributed by atoms with Crippen molar-refractivity contribution in [3.05, 3.63) is 35.4 Å². The molecule has 2 fully saturated rings. The third-order valence-electron chi connectivity index (χ3n) is 5.82. The Morgan fingerprint density at radius 1 is 1.42 bits per heavy atom. The summed E-state index contributed by atoms with van der Waals surface area (Å²) in [6.45, 7) is 5.89. The summed E-state index contributed by atoms with van der Waals surface area (Å²) in [7, 11) is 1.67. The van der Waals surface area contributed by atoms with Gasteiger partial charge in [0, 0.05) is 31.6 Å². The van der Waals surface area contributed by atoms with E-state index < -0.39 is 5.54 Å². The quantitative estimate of drug-likeness (QED) is 0.865. The fourth-order valence-electron chi connectivity index (χ4n) is 4.36. The van der Waals surface area contributed by atoms with Gasteiger partial charge in [0.15, 0.2) is 0 Å². The van der Waals surface area contributed by atoms with Crippen LogP contribution in [0.2, 0.25) is 0 Å². The van der Waals surface area contributed by atoms with E-state index in [4.69, 9.17) is 15.2 Å². The number of benzene rings is 1. The molecule has 1 saturated heterocycles. The first kappa shape index (κ1) is 17.4. The zero-order valence-corrected chi connectivity index (χ0v) is 14.8. The van der Waals surface area contributed by atoms with Gasteiger partial charge < -0.3 is 20.5 Å². The van der Waals surface area contributed by atoms with E-state index in [0.717, 1.165) is 30.6 Å². The lowest BCUT2D eigenvalue weighted by atomic mass is 9.46. The van der Waals surface area contributed by atoms with Gasteiger partial charge in [0.1, 0.15) is 5.54 Å². The lowest BCUT2D eigenvalue weighted by molar-refractivity contribution is -0.225. The van der Waals surface area contributed by atoms with Crippen LogP contribution in [0.15, 0.2) is 24.3 Å². The molecule has 1 aromatic rings. The highest BCUT2D eigenvalue weighted by molar-refractivity contribution is 5.89. The fourth-order valence-corrected chi connectivity index (χ4v) is 4.36. The molecule has 3 rings (SSSR count). The second-order valence-corrected chi connectivity index (χ2v) is 7.57. The summed E-state index contributed by atoms with van der Waals surface area (Å²) in [4.78, 5) is 12.9. The molecule has 1 heterocycles. The van der Waals surface area contributed by atoms with Gasteiger partial charge in [-0.2, -0.15) is 0 Å². The molecule has 3 atom stereocenters. The summed E-state index contributed by atoms with van der Waals surface area (Å²) in [5, 5.41) is 3.04. The van der Waals surface area contributed by atoms with E-state index in [0.29, 0.717) is 13.2 Å². The predicted molar refractivity (Wildman–Crippen MR) is 92.2 cm³/mol. The number of ether oxygens (including phenoxy) is 2. The SMILES string of the molecule is COCc1cccc(CNC(=O)C2(N)C3CCCOC3C2(C)C)c1. The molecule has 132 valence electrons. The molecule has 1 saturated carbocycles. The van der Waals surface area contributed by atoms with Crippen LogP contribution in [0.4, 0.5) is 0 Å². The second-order valence-electron chi connectivity index (χ2n) is 7.57. The summed E-state index contributed by atoms with van der Waals surface area (Å²) in [6, 6.07) is 8.04. The smallest absolute Gasteiger partial charge is 0.241 e. The maximum Gasteiger partial charge on any atom is 0.241 e. The maximum atomic E-state index is 12.9. The van der Waals surface area contributed by atoms with Gasteiger partial charge in [0.05, 0.1) is 12.7 Å².